The number of fused-ring (bicyclic) bond motifs is 1. The van der Waals surface area contributed by atoms with Crippen molar-refractivity contribution >= 4 is 11.9 Å². The first-order chi connectivity index (χ1) is 9.19. The zero-order valence-corrected chi connectivity index (χ0v) is 11.4. The lowest BCUT2D eigenvalue weighted by molar-refractivity contribution is 0.112. The van der Waals surface area contributed by atoms with Gasteiger partial charge < -0.3 is 4.40 Å². The average molecular weight is 257 g/mol. The largest absolute Gasteiger partial charge is 0.306 e. The molecular formula is C15H19N3O. The highest BCUT2D eigenvalue weighted by Gasteiger charge is 2.29. The molecule has 3 rings (SSSR count). The van der Waals surface area contributed by atoms with Crippen LogP contribution in [0.2, 0.25) is 0 Å². The predicted molar refractivity (Wildman–Crippen MR) is 74.4 cm³/mol. The summed E-state index contributed by atoms with van der Waals surface area (Å²) < 4.78 is 1.95. The topological polar surface area (TPSA) is 37.6 Å². The van der Waals surface area contributed by atoms with Crippen LogP contribution in [0.5, 0.6) is 0 Å². The summed E-state index contributed by atoms with van der Waals surface area (Å²) >= 11 is 0. The summed E-state index contributed by atoms with van der Waals surface area (Å²) in [6, 6.07) is 4.68. The van der Waals surface area contributed by atoms with E-state index in [9.17, 15) is 4.79 Å². The van der Waals surface area contributed by atoms with Gasteiger partial charge in [-0.1, -0.05) is 0 Å². The van der Waals surface area contributed by atoms with E-state index in [1.54, 1.807) is 0 Å². The molecular weight excluding hydrogens is 238 g/mol. The number of carbonyl (C=O) groups excluding carboxylic acids is 1. The summed E-state index contributed by atoms with van der Waals surface area (Å²) in [6.07, 6.45) is 7.18. The summed E-state index contributed by atoms with van der Waals surface area (Å²) in [6.45, 7) is 5.62. The van der Waals surface area contributed by atoms with Crippen molar-refractivity contribution in [1.29, 1.82) is 0 Å². The maximum atomic E-state index is 10.8. The molecule has 1 atom stereocenters. The Labute approximate surface area is 113 Å². The Morgan fingerprint density at radius 2 is 2.21 bits per heavy atom. The van der Waals surface area contributed by atoms with E-state index in [1.165, 1.54) is 12.8 Å². The molecule has 1 aliphatic heterocycles. The normalized spacial score (nSPS) is 20.5. The summed E-state index contributed by atoms with van der Waals surface area (Å²) in [5, 5.41) is 0. The van der Waals surface area contributed by atoms with Crippen molar-refractivity contribution in [2.75, 3.05) is 6.54 Å². The Hall–Kier alpha value is -1.68. The highest BCUT2D eigenvalue weighted by Crippen LogP contribution is 2.32. The van der Waals surface area contributed by atoms with Crippen LogP contribution in [0.15, 0.2) is 24.5 Å². The number of nitrogens with zero attached hydrogens (tertiary/aromatic N) is 3. The minimum atomic E-state index is 0.416. The highest BCUT2D eigenvalue weighted by molar-refractivity contribution is 5.74. The van der Waals surface area contributed by atoms with E-state index in [2.05, 4.69) is 24.9 Å². The number of imidazole rings is 1. The lowest BCUT2D eigenvalue weighted by atomic mass is 10.1. The minimum absolute atomic E-state index is 0.416. The fourth-order valence-electron chi connectivity index (χ4n) is 2.98. The van der Waals surface area contributed by atoms with Gasteiger partial charge in [0.15, 0.2) is 6.29 Å². The van der Waals surface area contributed by atoms with Gasteiger partial charge in [0.25, 0.3) is 0 Å². The molecule has 4 nitrogen and oxygen atoms in total. The highest BCUT2D eigenvalue weighted by atomic mass is 16.1. The standard InChI is InChI=1S/C15H19N3O/c1-11(2)18-7-3-4-14(18)13-9-17-8-12(10-19)5-6-15(17)16-13/h5-6,8-11,14H,3-4,7H2,1-2H3. The molecule has 100 valence electrons. The second kappa shape index (κ2) is 4.78. The maximum absolute atomic E-state index is 10.8. The van der Waals surface area contributed by atoms with Crippen LogP contribution >= 0.6 is 0 Å². The van der Waals surface area contributed by atoms with E-state index >= 15 is 0 Å². The van der Waals surface area contributed by atoms with Crippen LogP contribution in [-0.2, 0) is 0 Å². The Balaban J connectivity index is 1.98. The first kappa shape index (κ1) is 12.4. The zero-order valence-electron chi connectivity index (χ0n) is 11.4. The van der Waals surface area contributed by atoms with Gasteiger partial charge in [-0.3, -0.25) is 9.69 Å². The van der Waals surface area contributed by atoms with Crippen molar-refractivity contribution in [3.8, 4) is 0 Å². The van der Waals surface area contributed by atoms with Crippen LogP contribution in [0.1, 0.15) is 48.8 Å². The fraction of sp³-hybridized carbons (Fsp3) is 0.467. The fourth-order valence-corrected chi connectivity index (χ4v) is 2.98. The van der Waals surface area contributed by atoms with Gasteiger partial charge in [-0.05, 0) is 45.4 Å². The molecule has 3 heterocycles. The van der Waals surface area contributed by atoms with Gasteiger partial charge in [-0.2, -0.15) is 0 Å². The summed E-state index contributed by atoms with van der Waals surface area (Å²) in [4.78, 5) is 18.0. The van der Waals surface area contributed by atoms with Gasteiger partial charge in [0.1, 0.15) is 5.65 Å². The van der Waals surface area contributed by atoms with E-state index in [-0.39, 0.29) is 0 Å². The Morgan fingerprint density at radius 3 is 2.95 bits per heavy atom. The molecule has 1 saturated heterocycles. The Morgan fingerprint density at radius 1 is 1.37 bits per heavy atom. The van der Waals surface area contributed by atoms with Crippen molar-refractivity contribution in [2.24, 2.45) is 0 Å². The van der Waals surface area contributed by atoms with Crippen LogP contribution in [0.4, 0.5) is 0 Å². The van der Waals surface area contributed by atoms with Gasteiger partial charge in [0.2, 0.25) is 0 Å². The lowest BCUT2D eigenvalue weighted by Gasteiger charge is -2.26. The van der Waals surface area contributed by atoms with Crippen molar-refractivity contribution in [2.45, 2.75) is 38.8 Å². The van der Waals surface area contributed by atoms with Gasteiger partial charge in [-0.15, -0.1) is 0 Å². The van der Waals surface area contributed by atoms with E-state index in [4.69, 9.17) is 4.98 Å². The smallest absolute Gasteiger partial charge is 0.151 e. The van der Waals surface area contributed by atoms with Gasteiger partial charge in [-0.25, -0.2) is 4.98 Å². The van der Waals surface area contributed by atoms with Crippen LogP contribution < -0.4 is 0 Å². The van der Waals surface area contributed by atoms with Crippen LogP contribution in [0.3, 0.4) is 0 Å². The molecule has 0 aliphatic carbocycles. The molecule has 0 N–H and O–H groups in total. The molecule has 0 amide bonds. The number of aldehydes is 1. The van der Waals surface area contributed by atoms with Gasteiger partial charge >= 0.3 is 0 Å². The molecule has 4 heteroatoms. The first-order valence-electron chi connectivity index (χ1n) is 6.88. The third-order valence-electron chi connectivity index (χ3n) is 3.93. The molecule has 19 heavy (non-hydrogen) atoms. The summed E-state index contributed by atoms with van der Waals surface area (Å²) in [5.41, 5.74) is 2.72. The van der Waals surface area contributed by atoms with Crippen molar-refractivity contribution in [3.63, 3.8) is 0 Å². The Bertz CT molecular complexity index is 602. The van der Waals surface area contributed by atoms with E-state index in [1.807, 2.05) is 22.7 Å². The molecule has 1 fully saturated rings. The second-order valence-corrected chi connectivity index (χ2v) is 5.50. The number of aromatic nitrogens is 2. The molecule has 2 aromatic heterocycles. The average Bonchev–Trinajstić information content (AvgIpc) is 3.03. The Kier molecular flexibility index (Phi) is 3.11. The van der Waals surface area contributed by atoms with Crippen molar-refractivity contribution in [3.05, 3.63) is 35.8 Å². The van der Waals surface area contributed by atoms with Crippen LogP contribution in [0, 0.1) is 0 Å². The number of likely N-dealkylation sites (tertiary alicyclic amines) is 1. The third-order valence-corrected chi connectivity index (χ3v) is 3.93. The molecule has 0 radical (unpaired) electrons. The van der Waals surface area contributed by atoms with E-state index in [0.717, 1.165) is 24.2 Å². The molecule has 1 aliphatic rings. The number of hydrogen-bond acceptors (Lipinski definition) is 3. The minimum Gasteiger partial charge on any atom is -0.306 e. The zero-order chi connectivity index (χ0) is 13.4. The van der Waals surface area contributed by atoms with Crippen molar-refractivity contribution in [1.82, 2.24) is 14.3 Å². The molecule has 0 saturated carbocycles. The number of rotatable bonds is 3. The maximum Gasteiger partial charge on any atom is 0.151 e. The summed E-state index contributed by atoms with van der Waals surface area (Å²) in [7, 11) is 0. The molecule has 2 aromatic rings. The summed E-state index contributed by atoms with van der Waals surface area (Å²) in [5.74, 6) is 0. The van der Waals surface area contributed by atoms with Gasteiger partial charge in [0, 0.05) is 24.0 Å². The SMILES string of the molecule is CC(C)N1CCCC1c1cn2cc(C=O)ccc2n1. The van der Waals surface area contributed by atoms with E-state index < -0.39 is 0 Å². The van der Waals surface area contributed by atoms with Crippen LogP contribution in [-0.4, -0.2) is 33.2 Å². The van der Waals surface area contributed by atoms with Crippen molar-refractivity contribution < 1.29 is 4.79 Å². The van der Waals surface area contributed by atoms with Gasteiger partial charge in [0.05, 0.1) is 11.7 Å². The molecule has 0 bridgehead atoms. The molecule has 0 spiro atoms. The lowest BCUT2D eigenvalue weighted by Crippen LogP contribution is -2.30. The quantitative estimate of drug-likeness (QED) is 0.793. The van der Waals surface area contributed by atoms with Crippen LogP contribution in [0.25, 0.3) is 5.65 Å². The molecule has 0 aromatic carbocycles. The molecule has 1 unspecified atom stereocenters. The first-order valence-corrected chi connectivity index (χ1v) is 6.88. The number of pyridine rings is 1. The number of hydrogen-bond donors (Lipinski definition) is 0. The number of carbonyl (C=O) groups is 1. The van der Waals surface area contributed by atoms with E-state index in [0.29, 0.717) is 17.6 Å². The third kappa shape index (κ3) is 2.16. The monoisotopic (exact) mass is 257 g/mol. The predicted octanol–water partition coefficient (Wildman–Crippen LogP) is 2.69. The second-order valence-electron chi connectivity index (χ2n) is 5.50.